The van der Waals surface area contributed by atoms with Gasteiger partial charge in [0.15, 0.2) is 0 Å². The van der Waals surface area contributed by atoms with Gasteiger partial charge in [-0.05, 0) is 79.4 Å². The lowest BCUT2D eigenvalue weighted by Crippen LogP contribution is -2.53. The molecule has 4 aromatic rings. The molecule has 2 amide bonds. The Morgan fingerprint density at radius 3 is 1.98 bits per heavy atom. The first-order valence-electron chi connectivity index (χ1n) is 14.1. The molecule has 7 nitrogen and oxygen atoms in total. The Morgan fingerprint density at radius 1 is 0.814 bits per heavy atom. The number of nitrogens with zero attached hydrogens (tertiary/aromatic N) is 2. The molecule has 4 aromatic carbocycles. The molecule has 0 unspecified atom stereocenters. The maximum Gasteiger partial charge on any atom is 0.264 e. The molecule has 4 rings (SSSR count). The number of likely N-dealkylation sites (N-methyl/N-ethyl adjacent to an activating group) is 1. The first kappa shape index (κ1) is 31.4. The van der Waals surface area contributed by atoms with E-state index in [-0.39, 0.29) is 23.8 Å². The van der Waals surface area contributed by atoms with Crippen LogP contribution in [0.1, 0.15) is 29.2 Å². The van der Waals surface area contributed by atoms with E-state index in [1.54, 1.807) is 49.4 Å². The van der Waals surface area contributed by atoms with E-state index in [1.807, 2.05) is 50.2 Å². The normalized spacial score (nSPS) is 11.9. The minimum absolute atomic E-state index is 0.0280. The van der Waals surface area contributed by atoms with Crippen molar-refractivity contribution in [1.82, 2.24) is 10.2 Å². The van der Waals surface area contributed by atoms with Crippen molar-refractivity contribution in [3.05, 3.63) is 131 Å². The zero-order valence-corrected chi connectivity index (χ0v) is 25.4. The topological polar surface area (TPSA) is 86.8 Å². The number of rotatable bonds is 12. The van der Waals surface area contributed by atoms with E-state index in [9.17, 15) is 22.4 Å². The predicted molar refractivity (Wildman–Crippen MR) is 166 cm³/mol. The van der Waals surface area contributed by atoms with Crippen LogP contribution in [0.5, 0.6) is 0 Å². The van der Waals surface area contributed by atoms with Crippen LogP contribution in [-0.4, -0.2) is 44.3 Å². The molecular formula is C34H36FN3O4S. The van der Waals surface area contributed by atoms with E-state index in [0.717, 1.165) is 21.0 Å². The van der Waals surface area contributed by atoms with E-state index in [4.69, 9.17) is 0 Å². The van der Waals surface area contributed by atoms with Crippen molar-refractivity contribution < 1.29 is 22.4 Å². The number of sulfonamides is 1. The number of anilines is 1. The second-order valence-corrected chi connectivity index (χ2v) is 12.3. The summed E-state index contributed by atoms with van der Waals surface area (Å²) in [5, 5.41) is 2.83. The van der Waals surface area contributed by atoms with E-state index in [0.29, 0.717) is 17.8 Å². The van der Waals surface area contributed by atoms with Gasteiger partial charge in [-0.25, -0.2) is 12.8 Å². The summed E-state index contributed by atoms with van der Waals surface area (Å²) >= 11 is 0. The minimum atomic E-state index is -4.17. The molecule has 0 heterocycles. The molecule has 0 fully saturated rings. The van der Waals surface area contributed by atoms with Crippen LogP contribution < -0.4 is 9.62 Å². The van der Waals surface area contributed by atoms with E-state index in [2.05, 4.69) is 5.32 Å². The van der Waals surface area contributed by atoms with Gasteiger partial charge in [0, 0.05) is 19.5 Å². The molecule has 0 saturated carbocycles. The van der Waals surface area contributed by atoms with Gasteiger partial charge in [0.05, 0.1) is 10.6 Å². The van der Waals surface area contributed by atoms with Crippen LogP contribution in [-0.2, 0) is 32.6 Å². The molecule has 0 spiro atoms. The van der Waals surface area contributed by atoms with Gasteiger partial charge in [-0.2, -0.15) is 0 Å². The van der Waals surface area contributed by atoms with Gasteiger partial charge in [-0.3, -0.25) is 13.9 Å². The molecule has 9 heteroatoms. The van der Waals surface area contributed by atoms with Crippen LogP contribution >= 0.6 is 0 Å². The van der Waals surface area contributed by atoms with Crippen molar-refractivity contribution in [3.63, 3.8) is 0 Å². The molecule has 43 heavy (non-hydrogen) atoms. The number of hydrogen-bond donors (Lipinski definition) is 1. The smallest absolute Gasteiger partial charge is 0.264 e. The summed E-state index contributed by atoms with van der Waals surface area (Å²) in [6, 6.07) is 27.3. The highest BCUT2D eigenvalue weighted by Crippen LogP contribution is 2.27. The number of hydrogen-bond acceptors (Lipinski definition) is 4. The number of carbonyl (C=O) groups is 2. The number of carbonyl (C=O) groups excluding carboxylic acids is 2. The maximum atomic E-state index is 14.4. The molecule has 0 aliphatic heterocycles. The SMILES string of the molecule is CCNC(=O)[C@H](Cc1ccccc1)N(Cc1ccc(F)cc1)C(=O)CN(c1cc(C)cc(C)c1)S(=O)(=O)c1ccccc1. The minimum Gasteiger partial charge on any atom is -0.355 e. The fraction of sp³-hybridized carbons (Fsp3) is 0.235. The molecule has 1 N–H and O–H groups in total. The van der Waals surface area contributed by atoms with Gasteiger partial charge >= 0.3 is 0 Å². The molecule has 0 aliphatic carbocycles. The second-order valence-electron chi connectivity index (χ2n) is 10.4. The maximum absolute atomic E-state index is 14.4. The Morgan fingerprint density at radius 2 is 1.40 bits per heavy atom. The largest absolute Gasteiger partial charge is 0.355 e. The highest BCUT2D eigenvalue weighted by atomic mass is 32.2. The van der Waals surface area contributed by atoms with Crippen molar-refractivity contribution in [2.45, 2.75) is 44.7 Å². The van der Waals surface area contributed by atoms with Crippen LogP contribution in [0.3, 0.4) is 0 Å². The molecular weight excluding hydrogens is 565 g/mol. The van der Waals surface area contributed by atoms with E-state index >= 15 is 0 Å². The Hall–Kier alpha value is -4.50. The van der Waals surface area contributed by atoms with Crippen LogP contribution in [0.4, 0.5) is 10.1 Å². The first-order valence-corrected chi connectivity index (χ1v) is 15.5. The average molecular weight is 602 g/mol. The number of benzene rings is 4. The van der Waals surface area contributed by atoms with Crippen molar-refractivity contribution in [2.75, 3.05) is 17.4 Å². The standard InChI is InChI=1S/C34H36FN3O4S/c1-4-36-34(40)32(22-27-11-7-5-8-12-27)37(23-28-15-17-29(35)18-16-28)33(39)24-38(30-20-25(2)19-26(3)21-30)43(41,42)31-13-9-6-10-14-31/h5-21,32H,4,22-24H2,1-3H3,(H,36,40)/t32-/m0/s1. The summed E-state index contributed by atoms with van der Waals surface area (Å²) in [5.74, 6) is -1.37. The Kier molecular flexibility index (Phi) is 10.3. The van der Waals surface area contributed by atoms with Crippen LogP contribution in [0.25, 0.3) is 0 Å². The molecule has 0 aliphatic rings. The van der Waals surface area contributed by atoms with Crippen molar-refractivity contribution in [2.24, 2.45) is 0 Å². The number of halogens is 1. The average Bonchev–Trinajstić information content (AvgIpc) is 2.99. The van der Waals surface area contributed by atoms with Gasteiger partial charge in [0.2, 0.25) is 11.8 Å². The summed E-state index contributed by atoms with van der Waals surface area (Å²) in [4.78, 5) is 29.3. The van der Waals surface area contributed by atoms with Gasteiger partial charge in [0.25, 0.3) is 10.0 Å². The summed E-state index contributed by atoms with van der Waals surface area (Å²) in [6.07, 6.45) is 0.203. The monoisotopic (exact) mass is 601 g/mol. The Balaban J connectivity index is 1.81. The first-order chi connectivity index (χ1) is 20.6. The molecule has 1 atom stereocenters. The lowest BCUT2D eigenvalue weighted by atomic mass is 10.0. The summed E-state index contributed by atoms with van der Waals surface area (Å²) in [6.45, 7) is 5.28. The van der Waals surface area contributed by atoms with Crippen LogP contribution in [0.2, 0.25) is 0 Å². The Bertz CT molecular complexity index is 1630. The molecule has 0 bridgehead atoms. The van der Waals surface area contributed by atoms with Gasteiger partial charge in [0.1, 0.15) is 18.4 Å². The zero-order valence-electron chi connectivity index (χ0n) is 24.5. The molecule has 0 aromatic heterocycles. The summed E-state index contributed by atoms with van der Waals surface area (Å²) < 4.78 is 42.9. The van der Waals surface area contributed by atoms with Crippen LogP contribution in [0.15, 0.2) is 108 Å². The third-order valence-electron chi connectivity index (χ3n) is 6.99. The van der Waals surface area contributed by atoms with Gasteiger partial charge in [-0.1, -0.05) is 66.7 Å². The third kappa shape index (κ3) is 8.08. The highest BCUT2D eigenvalue weighted by molar-refractivity contribution is 7.92. The van der Waals surface area contributed by atoms with E-state index in [1.165, 1.54) is 29.2 Å². The quantitative estimate of drug-likeness (QED) is 0.235. The van der Waals surface area contributed by atoms with Crippen LogP contribution in [0, 0.1) is 19.7 Å². The van der Waals surface area contributed by atoms with Crippen molar-refractivity contribution in [3.8, 4) is 0 Å². The highest BCUT2D eigenvalue weighted by Gasteiger charge is 2.34. The summed E-state index contributed by atoms with van der Waals surface area (Å²) in [5.41, 5.74) is 3.44. The number of aryl methyl sites for hydroxylation is 2. The third-order valence-corrected chi connectivity index (χ3v) is 8.78. The summed E-state index contributed by atoms with van der Waals surface area (Å²) in [7, 11) is -4.17. The number of nitrogens with one attached hydrogen (secondary N) is 1. The van der Waals surface area contributed by atoms with Gasteiger partial charge in [-0.15, -0.1) is 0 Å². The lowest BCUT2D eigenvalue weighted by molar-refractivity contribution is -0.140. The van der Waals surface area contributed by atoms with E-state index < -0.39 is 34.3 Å². The van der Waals surface area contributed by atoms with Gasteiger partial charge < -0.3 is 10.2 Å². The zero-order chi connectivity index (χ0) is 31.0. The molecule has 0 saturated heterocycles. The fourth-order valence-corrected chi connectivity index (χ4v) is 6.39. The molecule has 224 valence electrons. The predicted octanol–water partition coefficient (Wildman–Crippen LogP) is 5.41. The van der Waals surface area contributed by atoms with Crippen molar-refractivity contribution in [1.29, 1.82) is 0 Å². The second kappa shape index (κ2) is 14.1. The number of amides is 2. The lowest BCUT2D eigenvalue weighted by Gasteiger charge is -2.34. The van der Waals surface area contributed by atoms with Crippen molar-refractivity contribution >= 4 is 27.5 Å². The fourth-order valence-electron chi connectivity index (χ4n) is 4.98. The molecule has 0 radical (unpaired) electrons. The Labute approximate surface area is 253 Å².